The van der Waals surface area contributed by atoms with Crippen molar-refractivity contribution >= 4 is 17.3 Å². The van der Waals surface area contributed by atoms with Gasteiger partial charge in [0.1, 0.15) is 0 Å². The highest BCUT2D eigenvalue weighted by Gasteiger charge is 2.10. The molecule has 0 spiro atoms. The second kappa shape index (κ2) is 5.68. The summed E-state index contributed by atoms with van der Waals surface area (Å²) in [6, 6.07) is 6.26. The number of hydrogen-bond donors (Lipinski definition) is 0. The van der Waals surface area contributed by atoms with Crippen LogP contribution in [0.15, 0.2) is 24.3 Å². The van der Waals surface area contributed by atoms with Crippen LogP contribution in [0, 0.1) is 10.1 Å². The van der Waals surface area contributed by atoms with Crippen molar-refractivity contribution in [3.8, 4) is 0 Å². The number of nitrogens with zero attached hydrogens (tertiary/aromatic N) is 1. The molecule has 0 aromatic heterocycles. The van der Waals surface area contributed by atoms with Crippen LogP contribution in [0.25, 0.3) is 0 Å². The van der Waals surface area contributed by atoms with Crippen LogP contribution in [0.5, 0.6) is 0 Å². The third-order valence-corrected chi connectivity index (χ3v) is 2.51. The van der Waals surface area contributed by atoms with E-state index in [-0.39, 0.29) is 11.1 Å². The van der Waals surface area contributed by atoms with E-state index in [1.807, 2.05) is 0 Å². The van der Waals surface area contributed by atoms with E-state index in [2.05, 4.69) is 0 Å². The Morgan fingerprint density at radius 2 is 2.07 bits per heavy atom. The number of ether oxygens (including phenoxy) is 1. The Labute approximate surface area is 93.0 Å². The average molecular weight is 230 g/mol. The number of nitro benzene ring substituents is 1. The first-order valence-corrected chi connectivity index (χ1v) is 4.96. The van der Waals surface area contributed by atoms with Crippen LogP contribution in [0.2, 0.25) is 0 Å². The van der Waals surface area contributed by atoms with Crippen molar-refractivity contribution in [3.63, 3.8) is 0 Å². The van der Waals surface area contributed by atoms with Crippen molar-refractivity contribution in [2.45, 2.75) is 11.8 Å². The predicted molar refractivity (Wildman–Crippen MR) is 58.2 cm³/mol. The Bertz CT molecular complexity index is 326. The largest absolute Gasteiger partial charge is 0.385 e. The monoisotopic (exact) mass is 229 g/mol. The molecule has 0 aliphatic rings. The zero-order chi connectivity index (χ0) is 11.3. The number of non-ortho nitro benzene ring substituents is 1. The predicted octanol–water partition coefficient (Wildman–Crippen LogP) is 2.91. The summed E-state index contributed by atoms with van der Waals surface area (Å²) in [5.41, 5.74) is 0.952. The minimum Gasteiger partial charge on any atom is -0.385 e. The number of methoxy groups -OCH3 is 1. The average Bonchev–Trinajstić information content (AvgIpc) is 2.26. The van der Waals surface area contributed by atoms with Gasteiger partial charge < -0.3 is 4.74 Å². The smallest absolute Gasteiger partial charge is 0.269 e. The van der Waals surface area contributed by atoms with Gasteiger partial charge >= 0.3 is 0 Å². The van der Waals surface area contributed by atoms with Gasteiger partial charge in [0.05, 0.1) is 10.3 Å². The SMILES string of the molecule is COCCC(Cl)c1ccc([N+](=O)[O-])cc1. The van der Waals surface area contributed by atoms with Gasteiger partial charge in [-0.1, -0.05) is 12.1 Å². The maximum atomic E-state index is 10.4. The molecule has 1 aromatic carbocycles. The lowest BCUT2D eigenvalue weighted by molar-refractivity contribution is -0.384. The van der Waals surface area contributed by atoms with Gasteiger partial charge in [-0.25, -0.2) is 0 Å². The number of halogens is 1. The second-order valence-electron chi connectivity index (χ2n) is 3.10. The molecule has 5 heteroatoms. The molecule has 15 heavy (non-hydrogen) atoms. The van der Waals surface area contributed by atoms with Gasteiger partial charge in [-0.3, -0.25) is 10.1 Å². The van der Waals surface area contributed by atoms with Gasteiger partial charge in [-0.2, -0.15) is 0 Å². The van der Waals surface area contributed by atoms with Crippen LogP contribution >= 0.6 is 11.6 Å². The summed E-state index contributed by atoms with van der Waals surface area (Å²) in [7, 11) is 1.61. The van der Waals surface area contributed by atoms with E-state index in [1.54, 1.807) is 19.2 Å². The normalized spacial score (nSPS) is 12.4. The lowest BCUT2D eigenvalue weighted by atomic mass is 10.1. The Kier molecular flexibility index (Phi) is 4.52. The lowest BCUT2D eigenvalue weighted by Crippen LogP contribution is -1.97. The van der Waals surface area contributed by atoms with E-state index in [1.165, 1.54) is 12.1 Å². The molecule has 1 unspecified atom stereocenters. The molecule has 4 nitrogen and oxygen atoms in total. The van der Waals surface area contributed by atoms with Gasteiger partial charge in [0.25, 0.3) is 5.69 Å². The highest BCUT2D eigenvalue weighted by molar-refractivity contribution is 6.20. The Morgan fingerprint density at radius 3 is 2.53 bits per heavy atom. The topological polar surface area (TPSA) is 52.4 Å². The van der Waals surface area contributed by atoms with Crippen molar-refractivity contribution in [1.29, 1.82) is 0 Å². The summed E-state index contributed by atoms with van der Waals surface area (Å²) in [6.45, 7) is 0.575. The Balaban J connectivity index is 2.66. The molecule has 82 valence electrons. The van der Waals surface area contributed by atoms with Crippen LogP contribution in [0.3, 0.4) is 0 Å². The quantitative estimate of drug-likeness (QED) is 0.443. The Hall–Kier alpha value is -1.13. The second-order valence-corrected chi connectivity index (χ2v) is 3.62. The molecule has 1 atom stereocenters. The van der Waals surface area contributed by atoms with Crippen molar-refractivity contribution in [1.82, 2.24) is 0 Å². The van der Waals surface area contributed by atoms with E-state index in [4.69, 9.17) is 16.3 Å². The van der Waals surface area contributed by atoms with Crippen LogP contribution in [0.4, 0.5) is 5.69 Å². The maximum Gasteiger partial charge on any atom is 0.269 e. The standard InChI is InChI=1S/C10H12ClNO3/c1-15-7-6-10(11)8-2-4-9(5-3-8)12(13)14/h2-5,10H,6-7H2,1H3. The minimum absolute atomic E-state index is 0.0781. The molecule has 0 saturated heterocycles. The number of nitro groups is 1. The maximum absolute atomic E-state index is 10.4. The van der Waals surface area contributed by atoms with Crippen LogP contribution in [0.1, 0.15) is 17.4 Å². The fourth-order valence-electron chi connectivity index (χ4n) is 1.19. The van der Waals surface area contributed by atoms with Gasteiger partial charge in [0, 0.05) is 25.8 Å². The van der Waals surface area contributed by atoms with E-state index < -0.39 is 4.92 Å². The van der Waals surface area contributed by atoms with Gasteiger partial charge in [0.2, 0.25) is 0 Å². The first-order valence-electron chi connectivity index (χ1n) is 4.52. The first kappa shape index (κ1) is 11.9. The van der Waals surface area contributed by atoms with Gasteiger partial charge in [0.15, 0.2) is 0 Å². The molecule has 0 radical (unpaired) electrons. The first-order chi connectivity index (χ1) is 7.15. The van der Waals surface area contributed by atoms with Crippen molar-refractivity contribution in [3.05, 3.63) is 39.9 Å². The number of rotatable bonds is 5. The van der Waals surface area contributed by atoms with Crippen LogP contribution in [-0.2, 0) is 4.74 Å². The highest BCUT2D eigenvalue weighted by Crippen LogP contribution is 2.25. The molecule has 0 saturated carbocycles. The lowest BCUT2D eigenvalue weighted by Gasteiger charge is -2.08. The zero-order valence-electron chi connectivity index (χ0n) is 8.35. The molecule has 0 aliphatic heterocycles. The fraction of sp³-hybridized carbons (Fsp3) is 0.400. The zero-order valence-corrected chi connectivity index (χ0v) is 9.11. The molecular formula is C10H12ClNO3. The number of hydrogen-bond acceptors (Lipinski definition) is 3. The molecule has 0 N–H and O–H groups in total. The van der Waals surface area contributed by atoms with Crippen molar-refractivity contribution in [2.24, 2.45) is 0 Å². The summed E-state index contributed by atoms with van der Waals surface area (Å²) >= 11 is 6.07. The summed E-state index contributed by atoms with van der Waals surface area (Å²) in [5, 5.41) is 10.2. The molecule has 0 heterocycles. The van der Waals surface area contributed by atoms with E-state index >= 15 is 0 Å². The molecule has 0 bridgehead atoms. The van der Waals surface area contributed by atoms with Crippen LogP contribution in [-0.4, -0.2) is 18.6 Å². The third kappa shape index (κ3) is 3.49. The fourth-order valence-corrected chi connectivity index (χ4v) is 1.43. The number of benzene rings is 1. The molecule has 1 aromatic rings. The summed E-state index contributed by atoms with van der Waals surface area (Å²) in [6.07, 6.45) is 0.690. The molecule has 1 rings (SSSR count). The van der Waals surface area contributed by atoms with Crippen molar-refractivity contribution in [2.75, 3.05) is 13.7 Å². The third-order valence-electron chi connectivity index (χ3n) is 2.04. The number of alkyl halides is 1. The van der Waals surface area contributed by atoms with Gasteiger partial charge in [-0.15, -0.1) is 11.6 Å². The van der Waals surface area contributed by atoms with E-state index in [9.17, 15) is 10.1 Å². The molecule has 0 fully saturated rings. The van der Waals surface area contributed by atoms with E-state index in [0.29, 0.717) is 13.0 Å². The van der Waals surface area contributed by atoms with Crippen molar-refractivity contribution < 1.29 is 9.66 Å². The summed E-state index contributed by atoms with van der Waals surface area (Å²) in [5.74, 6) is 0. The highest BCUT2D eigenvalue weighted by atomic mass is 35.5. The summed E-state index contributed by atoms with van der Waals surface area (Å²) in [4.78, 5) is 9.98. The van der Waals surface area contributed by atoms with Gasteiger partial charge in [-0.05, 0) is 12.0 Å². The Morgan fingerprint density at radius 1 is 1.47 bits per heavy atom. The van der Waals surface area contributed by atoms with E-state index in [0.717, 1.165) is 5.56 Å². The minimum atomic E-state index is -0.428. The molecule has 0 aliphatic carbocycles. The molecule has 0 amide bonds. The van der Waals surface area contributed by atoms with Crippen LogP contribution < -0.4 is 0 Å². The molecular weight excluding hydrogens is 218 g/mol. The summed E-state index contributed by atoms with van der Waals surface area (Å²) < 4.78 is 4.90.